The molecule has 0 N–H and O–H groups in total. The van der Waals surface area contributed by atoms with E-state index in [9.17, 15) is 0 Å². The average Bonchev–Trinajstić information content (AvgIpc) is 3.67. The van der Waals surface area contributed by atoms with Crippen LogP contribution in [0.25, 0.3) is 39.0 Å². The molecule has 0 fully saturated rings. The molecule has 0 radical (unpaired) electrons. The first-order valence-corrected chi connectivity index (χ1v) is 16.6. The summed E-state index contributed by atoms with van der Waals surface area (Å²) in [4.78, 5) is 2.92. The highest BCUT2D eigenvalue weighted by Crippen LogP contribution is 2.65. The molecule has 11 rings (SSSR count). The molecule has 0 saturated carbocycles. The molecule has 5 aromatic rings. The third kappa shape index (κ3) is 2.42. The largest absolute Gasteiger partial charge is 0.399 e. The molecule has 1 aromatic heterocycles. The van der Waals surface area contributed by atoms with Gasteiger partial charge in [-0.05, 0) is 75.4 Å². The van der Waals surface area contributed by atoms with Crippen molar-refractivity contribution in [3.05, 3.63) is 136 Å². The molecule has 216 valence electrons. The summed E-state index contributed by atoms with van der Waals surface area (Å²) >= 11 is 0. The Hall–Kier alpha value is -4.50. The highest BCUT2D eigenvalue weighted by molar-refractivity contribution is 6.88. The van der Waals surface area contributed by atoms with E-state index < -0.39 is 0 Å². The van der Waals surface area contributed by atoms with Crippen molar-refractivity contribution in [2.75, 3.05) is 0 Å². The molecule has 4 heterocycles. The lowest BCUT2D eigenvalue weighted by atomic mass is 9.40. The Balaban J connectivity index is 1.32. The second kappa shape index (κ2) is 7.31. The maximum Gasteiger partial charge on any atom is 0.328 e. The normalized spacial score (nSPS) is 24.3. The zero-order valence-electron chi connectivity index (χ0n) is 26.8. The molecule has 0 saturated heterocycles. The molecule has 45 heavy (non-hydrogen) atoms. The van der Waals surface area contributed by atoms with Crippen LogP contribution in [0.1, 0.15) is 68.0 Å². The number of nitrogens with zero attached hydrogens (tertiary/aromatic N) is 2. The van der Waals surface area contributed by atoms with Crippen LogP contribution in [0.4, 0.5) is 0 Å². The zero-order valence-corrected chi connectivity index (χ0v) is 26.8. The Morgan fingerprint density at radius 2 is 1.49 bits per heavy atom. The van der Waals surface area contributed by atoms with Gasteiger partial charge in [0, 0.05) is 39.1 Å². The lowest BCUT2D eigenvalue weighted by Crippen LogP contribution is -2.70. The fourth-order valence-electron chi connectivity index (χ4n) is 11.0. The van der Waals surface area contributed by atoms with Crippen LogP contribution in [-0.4, -0.2) is 21.8 Å². The molecule has 2 unspecified atom stereocenters. The van der Waals surface area contributed by atoms with E-state index in [1.807, 2.05) is 0 Å². The molecule has 2 nitrogen and oxygen atoms in total. The van der Waals surface area contributed by atoms with Crippen LogP contribution in [0.15, 0.2) is 103 Å². The van der Waals surface area contributed by atoms with Crippen molar-refractivity contribution in [2.45, 2.75) is 57.9 Å². The van der Waals surface area contributed by atoms with Crippen LogP contribution in [-0.2, 0) is 10.8 Å². The van der Waals surface area contributed by atoms with Gasteiger partial charge in [-0.3, -0.25) is 0 Å². The molecule has 0 amide bonds. The molecular weight excluding hydrogens is 543 g/mol. The number of aromatic nitrogens is 1. The molecule has 6 aliphatic rings. The number of benzene rings is 4. The van der Waals surface area contributed by atoms with Gasteiger partial charge in [0.25, 0.3) is 0 Å². The summed E-state index contributed by atoms with van der Waals surface area (Å²) in [7, 11) is 0. The summed E-state index contributed by atoms with van der Waals surface area (Å²) in [5.74, 6) is 0.302. The third-order valence-electron chi connectivity index (χ3n) is 12.7. The molecule has 4 aromatic carbocycles. The Kier molecular flexibility index (Phi) is 4.03. The molecule has 0 bridgehead atoms. The maximum absolute atomic E-state index is 2.92. The predicted molar refractivity (Wildman–Crippen MR) is 188 cm³/mol. The molecule has 3 aliphatic carbocycles. The van der Waals surface area contributed by atoms with Crippen molar-refractivity contribution >= 4 is 39.8 Å². The number of rotatable bonds is 0. The first-order valence-electron chi connectivity index (χ1n) is 16.6. The minimum absolute atomic E-state index is 0.0726. The fraction of sp³-hybridized carbons (Fsp3) is 0.238. The quantitative estimate of drug-likeness (QED) is 0.169. The topological polar surface area (TPSA) is 8.17 Å². The number of hydrogen-bond donors (Lipinski definition) is 0. The summed E-state index contributed by atoms with van der Waals surface area (Å²) in [6.07, 6.45) is 7.28. The first kappa shape index (κ1) is 24.8. The van der Waals surface area contributed by atoms with E-state index in [1.165, 1.54) is 89.0 Å². The number of hydrogen-bond acceptors (Lipinski definition) is 1. The van der Waals surface area contributed by atoms with Gasteiger partial charge in [0.15, 0.2) is 0 Å². The lowest BCUT2D eigenvalue weighted by molar-refractivity contribution is 0.291. The van der Waals surface area contributed by atoms with Crippen molar-refractivity contribution in [1.82, 2.24) is 9.38 Å². The second-order valence-corrected chi connectivity index (χ2v) is 15.5. The molecule has 3 heteroatoms. The van der Waals surface area contributed by atoms with E-state index in [0.29, 0.717) is 5.92 Å². The van der Waals surface area contributed by atoms with Crippen LogP contribution in [0.5, 0.6) is 0 Å². The highest BCUT2D eigenvalue weighted by atomic mass is 15.2. The van der Waals surface area contributed by atoms with Gasteiger partial charge < -0.3 is 9.38 Å². The number of aryl methyl sites for hydroxylation is 1. The molecule has 2 atom stereocenters. The predicted octanol–water partition coefficient (Wildman–Crippen LogP) is 8.02. The fourth-order valence-corrected chi connectivity index (χ4v) is 11.0. The number of fused-ring (bicyclic) bond motifs is 13. The van der Waals surface area contributed by atoms with E-state index in [0.717, 1.165) is 0 Å². The van der Waals surface area contributed by atoms with Crippen molar-refractivity contribution in [3.8, 4) is 16.9 Å². The van der Waals surface area contributed by atoms with Gasteiger partial charge in [-0.25, -0.2) is 0 Å². The summed E-state index contributed by atoms with van der Waals surface area (Å²) in [6, 6.07) is 30.5. The Bertz CT molecular complexity index is 2380. The van der Waals surface area contributed by atoms with Gasteiger partial charge in [0.2, 0.25) is 0 Å². The standard InChI is InChI=1S/C42H35BN2/c1-23-21-27-30-18-12-19-31-34-24-13-7-9-16-28(24)41(4,5)39(34)45(42(30,31)6)43-32-20-11-15-26-35-38(44(37(26)32)33(22-23)36(27)43)25-14-8-10-17-29(25)40(35,2)3/h7-22,31H,1-6H3. The van der Waals surface area contributed by atoms with Crippen molar-refractivity contribution in [1.29, 1.82) is 0 Å². The monoisotopic (exact) mass is 578 g/mol. The van der Waals surface area contributed by atoms with Crippen molar-refractivity contribution < 1.29 is 0 Å². The first-order chi connectivity index (χ1) is 21.7. The maximum atomic E-state index is 2.92. The smallest absolute Gasteiger partial charge is 0.328 e. The van der Waals surface area contributed by atoms with Crippen LogP contribution in [0.2, 0.25) is 0 Å². The van der Waals surface area contributed by atoms with Gasteiger partial charge in [0.05, 0.1) is 16.7 Å². The minimum atomic E-state index is -0.168. The van der Waals surface area contributed by atoms with E-state index in [2.05, 4.69) is 148 Å². The Morgan fingerprint density at radius 1 is 0.756 bits per heavy atom. The van der Waals surface area contributed by atoms with Gasteiger partial charge in [0.1, 0.15) is 0 Å². The number of allylic oxidation sites excluding steroid dienone is 3. The molecule has 0 spiro atoms. The van der Waals surface area contributed by atoms with Crippen molar-refractivity contribution in [2.24, 2.45) is 5.92 Å². The molecular formula is C42H35BN2. The van der Waals surface area contributed by atoms with Crippen molar-refractivity contribution in [3.63, 3.8) is 0 Å². The van der Waals surface area contributed by atoms with Gasteiger partial charge in [-0.15, -0.1) is 0 Å². The summed E-state index contributed by atoms with van der Waals surface area (Å²) in [5, 5.41) is 1.41. The van der Waals surface area contributed by atoms with Gasteiger partial charge in [-0.1, -0.05) is 119 Å². The van der Waals surface area contributed by atoms with Gasteiger partial charge >= 0.3 is 6.85 Å². The van der Waals surface area contributed by atoms with Crippen LogP contribution < -0.4 is 10.9 Å². The third-order valence-corrected chi connectivity index (χ3v) is 12.7. The van der Waals surface area contributed by atoms with Crippen LogP contribution in [0, 0.1) is 12.8 Å². The second-order valence-electron chi connectivity index (χ2n) is 15.5. The van der Waals surface area contributed by atoms with E-state index >= 15 is 0 Å². The van der Waals surface area contributed by atoms with E-state index in [1.54, 1.807) is 0 Å². The van der Waals surface area contributed by atoms with Crippen LogP contribution in [0.3, 0.4) is 0 Å². The SMILES string of the molecule is Cc1cc2c3c(c1)-n1c4c(c5cccc(c51)B3N1C3=C(c5ccccc5C3(C)C)C3C=CC=C2C31C)C(C)(C)c1ccccc1-4. The van der Waals surface area contributed by atoms with E-state index in [4.69, 9.17) is 0 Å². The lowest BCUT2D eigenvalue weighted by Gasteiger charge is -2.55. The summed E-state index contributed by atoms with van der Waals surface area (Å²) in [6.45, 7) is 14.8. The summed E-state index contributed by atoms with van der Waals surface area (Å²) in [5.41, 5.74) is 21.2. The summed E-state index contributed by atoms with van der Waals surface area (Å²) < 4.78 is 2.68. The molecule has 3 aliphatic heterocycles. The number of para-hydroxylation sites is 1. The Morgan fingerprint density at radius 3 is 2.29 bits per heavy atom. The minimum Gasteiger partial charge on any atom is -0.399 e. The Labute approximate surface area is 265 Å². The van der Waals surface area contributed by atoms with E-state index in [-0.39, 0.29) is 23.2 Å². The zero-order chi connectivity index (χ0) is 30.4. The van der Waals surface area contributed by atoms with Gasteiger partial charge in [-0.2, -0.15) is 0 Å². The van der Waals surface area contributed by atoms with Crippen LogP contribution >= 0.6 is 0 Å². The average molecular weight is 579 g/mol. The highest BCUT2D eigenvalue weighted by Gasteiger charge is 2.64.